The van der Waals surface area contributed by atoms with Gasteiger partial charge >= 0.3 is 5.97 Å². The van der Waals surface area contributed by atoms with E-state index < -0.39 is 0 Å². The number of halogens is 1. The molecule has 4 heteroatoms. The molecule has 3 rings (SSSR count). The fourth-order valence-electron chi connectivity index (χ4n) is 2.37. The lowest BCUT2D eigenvalue weighted by Gasteiger charge is -2.08. The molecule has 0 bridgehead atoms. The van der Waals surface area contributed by atoms with Gasteiger partial charge in [0.25, 0.3) is 0 Å². The zero-order valence-corrected chi connectivity index (χ0v) is 13.6. The van der Waals surface area contributed by atoms with Crippen LogP contribution in [0, 0.1) is 0 Å². The summed E-state index contributed by atoms with van der Waals surface area (Å²) in [6.45, 7) is 2.18. The smallest absolute Gasteiger partial charge is 0.338 e. The van der Waals surface area contributed by atoms with Crippen molar-refractivity contribution < 1.29 is 9.53 Å². The maximum Gasteiger partial charge on any atom is 0.338 e. The highest BCUT2D eigenvalue weighted by Gasteiger charge is 2.08. The number of benzene rings is 2. The Kier molecular flexibility index (Phi) is 4.20. The summed E-state index contributed by atoms with van der Waals surface area (Å²) in [5, 5.41) is 1.07. The summed E-state index contributed by atoms with van der Waals surface area (Å²) in [5.41, 5.74) is 3.63. The first-order valence-electron chi connectivity index (χ1n) is 7.01. The molecule has 110 valence electrons. The highest BCUT2D eigenvalue weighted by molar-refractivity contribution is 9.10. The summed E-state index contributed by atoms with van der Waals surface area (Å²) in [6.07, 6.45) is 1.80. The topological polar surface area (TPSA) is 39.2 Å². The molecule has 1 aromatic heterocycles. The minimum absolute atomic E-state index is 0.295. The maximum absolute atomic E-state index is 11.7. The van der Waals surface area contributed by atoms with Crippen molar-refractivity contribution in [2.75, 3.05) is 6.61 Å². The first kappa shape index (κ1) is 14.7. The molecular formula is C18H14BrNO2. The molecule has 0 aliphatic heterocycles. The molecule has 3 aromatic rings. The van der Waals surface area contributed by atoms with Crippen LogP contribution in [-0.2, 0) is 4.74 Å². The van der Waals surface area contributed by atoms with Gasteiger partial charge < -0.3 is 4.74 Å². The van der Waals surface area contributed by atoms with Gasteiger partial charge in [0.2, 0.25) is 0 Å². The van der Waals surface area contributed by atoms with Gasteiger partial charge in [-0.3, -0.25) is 4.98 Å². The van der Waals surface area contributed by atoms with Crippen LogP contribution < -0.4 is 0 Å². The number of carbonyl (C=O) groups excluding carboxylic acids is 1. The van der Waals surface area contributed by atoms with E-state index in [-0.39, 0.29) is 5.97 Å². The van der Waals surface area contributed by atoms with Crippen molar-refractivity contribution in [3.63, 3.8) is 0 Å². The molecule has 0 fully saturated rings. The molecule has 0 N–H and O–H groups in total. The quantitative estimate of drug-likeness (QED) is 0.631. The minimum atomic E-state index is -0.295. The predicted molar refractivity (Wildman–Crippen MR) is 90.8 cm³/mol. The van der Waals surface area contributed by atoms with Crippen LogP contribution in [0.15, 0.2) is 59.2 Å². The largest absolute Gasteiger partial charge is 0.462 e. The zero-order valence-electron chi connectivity index (χ0n) is 12.0. The number of fused-ring (bicyclic) bond motifs is 1. The van der Waals surface area contributed by atoms with Crippen LogP contribution in [-0.4, -0.2) is 17.6 Å². The number of carbonyl (C=O) groups is 1. The Morgan fingerprint density at radius 2 is 1.91 bits per heavy atom. The van der Waals surface area contributed by atoms with Crippen LogP contribution in [0.3, 0.4) is 0 Å². The first-order chi connectivity index (χ1) is 10.7. The van der Waals surface area contributed by atoms with Gasteiger partial charge in [-0.2, -0.15) is 0 Å². The highest BCUT2D eigenvalue weighted by Crippen LogP contribution is 2.29. The number of rotatable bonds is 3. The molecule has 0 spiro atoms. The molecule has 0 atom stereocenters. The molecule has 0 aliphatic carbocycles. The van der Waals surface area contributed by atoms with E-state index in [0.29, 0.717) is 12.2 Å². The van der Waals surface area contributed by atoms with E-state index in [9.17, 15) is 4.79 Å². The number of ether oxygens (including phenoxy) is 1. The number of aromatic nitrogens is 1. The van der Waals surface area contributed by atoms with Gasteiger partial charge in [0, 0.05) is 16.1 Å². The van der Waals surface area contributed by atoms with E-state index in [1.54, 1.807) is 25.3 Å². The number of pyridine rings is 1. The van der Waals surface area contributed by atoms with Crippen LogP contribution in [0.1, 0.15) is 17.3 Å². The third kappa shape index (κ3) is 2.88. The third-order valence-corrected chi connectivity index (χ3v) is 3.90. The van der Waals surface area contributed by atoms with E-state index in [4.69, 9.17) is 4.74 Å². The lowest BCUT2D eigenvalue weighted by atomic mass is 10.0. The van der Waals surface area contributed by atoms with Gasteiger partial charge in [-0.1, -0.05) is 28.1 Å². The van der Waals surface area contributed by atoms with E-state index >= 15 is 0 Å². The van der Waals surface area contributed by atoms with E-state index in [1.165, 1.54) is 0 Å². The zero-order chi connectivity index (χ0) is 15.5. The molecule has 0 aliphatic rings. The third-order valence-electron chi connectivity index (χ3n) is 3.41. The number of hydrogen-bond donors (Lipinski definition) is 0. The first-order valence-corrected chi connectivity index (χ1v) is 7.80. The van der Waals surface area contributed by atoms with E-state index in [0.717, 1.165) is 26.5 Å². The van der Waals surface area contributed by atoms with Gasteiger partial charge in [-0.15, -0.1) is 0 Å². The summed E-state index contributed by atoms with van der Waals surface area (Å²) >= 11 is 3.50. The summed E-state index contributed by atoms with van der Waals surface area (Å²) < 4.78 is 6.02. The summed E-state index contributed by atoms with van der Waals surface area (Å²) in [6, 6.07) is 15.4. The van der Waals surface area contributed by atoms with Crippen molar-refractivity contribution in [2.24, 2.45) is 0 Å². The van der Waals surface area contributed by atoms with Crippen LogP contribution in [0.2, 0.25) is 0 Å². The van der Waals surface area contributed by atoms with Crippen LogP contribution in [0.4, 0.5) is 0 Å². The number of hydrogen-bond acceptors (Lipinski definition) is 3. The summed E-state index contributed by atoms with van der Waals surface area (Å²) in [4.78, 5) is 16.1. The molecule has 22 heavy (non-hydrogen) atoms. The molecular weight excluding hydrogens is 342 g/mol. The Bertz CT molecular complexity index is 828. The second-order valence-corrected chi connectivity index (χ2v) is 5.73. The van der Waals surface area contributed by atoms with Crippen molar-refractivity contribution in [2.45, 2.75) is 6.92 Å². The Balaban J connectivity index is 2.04. The van der Waals surface area contributed by atoms with E-state index in [1.807, 2.05) is 30.3 Å². The molecule has 3 nitrogen and oxygen atoms in total. The molecule has 1 heterocycles. The minimum Gasteiger partial charge on any atom is -0.462 e. The number of nitrogens with zero attached hydrogens (tertiary/aromatic N) is 1. The van der Waals surface area contributed by atoms with Crippen molar-refractivity contribution in [1.29, 1.82) is 0 Å². The van der Waals surface area contributed by atoms with Crippen LogP contribution >= 0.6 is 15.9 Å². The fraction of sp³-hybridized carbons (Fsp3) is 0.111. The standard InChI is InChI=1S/C18H14BrNO2/c1-2-22-18(21)13-5-3-12(4-6-13)15-9-10-20-17-8-7-14(19)11-16(15)17/h3-11H,2H2,1H3. The number of esters is 1. The van der Waals surface area contributed by atoms with Crippen molar-refractivity contribution >= 4 is 32.8 Å². The van der Waals surface area contributed by atoms with Crippen molar-refractivity contribution in [1.82, 2.24) is 4.98 Å². The van der Waals surface area contributed by atoms with Crippen molar-refractivity contribution in [3.05, 3.63) is 64.8 Å². The SMILES string of the molecule is CCOC(=O)c1ccc(-c2ccnc3ccc(Br)cc23)cc1. The van der Waals surface area contributed by atoms with Gasteiger partial charge in [0.1, 0.15) is 0 Å². The Hall–Kier alpha value is -2.20. The lowest BCUT2D eigenvalue weighted by Crippen LogP contribution is -2.04. The van der Waals surface area contributed by atoms with Crippen molar-refractivity contribution in [3.8, 4) is 11.1 Å². The normalized spacial score (nSPS) is 10.6. The summed E-state index contributed by atoms with van der Waals surface area (Å²) in [7, 11) is 0. The Morgan fingerprint density at radius 3 is 2.64 bits per heavy atom. The molecule has 0 saturated heterocycles. The Labute approximate surface area is 137 Å². The van der Waals surface area contributed by atoms with E-state index in [2.05, 4.69) is 27.0 Å². The molecule has 0 unspecified atom stereocenters. The predicted octanol–water partition coefficient (Wildman–Crippen LogP) is 4.84. The summed E-state index contributed by atoms with van der Waals surface area (Å²) in [5.74, 6) is -0.295. The second kappa shape index (κ2) is 6.28. The average molecular weight is 356 g/mol. The van der Waals surface area contributed by atoms with Crippen LogP contribution in [0.25, 0.3) is 22.0 Å². The highest BCUT2D eigenvalue weighted by atomic mass is 79.9. The monoisotopic (exact) mass is 355 g/mol. The second-order valence-electron chi connectivity index (χ2n) is 4.82. The van der Waals surface area contributed by atoms with Crippen LogP contribution in [0.5, 0.6) is 0 Å². The van der Waals surface area contributed by atoms with Gasteiger partial charge in [0.05, 0.1) is 17.7 Å². The lowest BCUT2D eigenvalue weighted by molar-refractivity contribution is 0.0526. The van der Waals surface area contributed by atoms with Gasteiger partial charge in [-0.05, 0) is 54.4 Å². The maximum atomic E-state index is 11.7. The average Bonchev–Trinajstić information content (AvgIpc) is 2.54. The molecule has 0 saturated carbocycles. The Morgan fingerprint density at radius 1 is 1.14 bits per heavy atom. The molecule has 0 amide bonds. The molecule has 0 radical (unpaired) electrons. The van der Waals surface area contributed by atoms with Gasteiger partial charge in [0.15, 0.2) is 0 Å². The van der Waals surface area contributed by atoms with Gasteiger partial charge in [-0.25, -0.2) is 4.79 Å². The molecule has 2 aromatic carbocycles. The fourth-order valence-corrected chi connectivity index (χ4v) is 2.73.